The molecule has 1 aliphatic heterocycles. The molecule has 1 saturated heterocycles. The molecule has 2 aromatic rings. The van der Waals surface area contributed by atoms with Gasteiger partial charge in [-0.25, -0.2) is 9.07 Å². The molecule has 0 saturated carbocycles. The first kappa shape index (κ1) is 15.8. The molecule has 23 heavy (non-hydrogen) atoms. The second kappa shape index (κ2) is 6.99. The fourth-order valence-corrected chi connectivity index (χ4v) is 3.32. The molecular weight excluding hydrogens is 317 g/mol. The Hall–Kier alpha value is -2.09. The number of nitrogens with two attached hydrogens (primary N) is 1. The average molecular weight is 335 g/mol. The van der Waals surface area contributed by atoms with Crippen LogP contribution in [-0.2, 0) is 4.79 Å². The molecule has 0 spiro atoms. The number of likely N-dealkylation sites (tertiary alicyclic amines) is 1. The number of amides is 1. The van der Waals surface area contributed by atoms with Crippen LogP contribution < -0.4 is 5.84 Å². The van der Waals surface area contributed by atoms with Crippen molar-refractivity contribution in [2.75, 3.05) is 24.7 Å². The summed E-state index contributed by atoms with van der Waals surface area (Å²) in [7, 11) is 0. The van der Waals surface area contributed by atoms with E-state index < -0.39 is 5.82 Å². The summed E-state index contributed by atoms with van der Waals surface area (Å²) < 4.78 is 15.0. The first-order valence-electron chi connectivity index (χ1n) is 7.53. The van der Waals surface area contributed by atoms with Crippen LogP contribution in [-0.4, -0.2) is 44.5 Å². The minimum atomic E-state index is -0.410. The number of piperidine rings is 1. The number of rotatable bonds is 4. The highest BCUT2D eigenvalue weighted by atomic mass is 32.2. The lowest BCUT2D eigenvalue weighted by molar-refractivity contribution is -0.129. The quantitative estimate of drug-likeness (QED) is 0.682. The summed E-state index contributed by atoms with van der Waals surface area (Å²) in [5, 5.41) is 8.30. The monoisotopic (exact) mass is 335 g/mol. The molecule has 2 N–H and O–H groups in total. The predicted molar refractivity (Wildman–Crippen MR) is 86.7 cm³/mol. The van der Waals surface area contributed by atoms with Gasteiger partial charge in [-0.1, -0.05) is 23.9 Å². The van der Waals surface area contributed by atoms with E-state index in [1.807, 2.05) is 4.90 Å². The molecule has 2 heterocycles. The van der Waals surface area contributed by atoms with Gasteiger partial charge < -0.3 is 10.7 Å². The third kappa shape index (κ3) is 3.47. The van der Waals surface area contributed by atoms with Gasteiger partial charge in [0, 0.05) is 13.1 Å². The number of nitrogen functional groups attached to an aromatic ring is 1. The average Bonchev–Trinajstić information content (AvgIpc) is 2.94. The highest BCUT2D eigenvalue weighted by Crippen LogP contribution is 2.24. The van der Waals surface area contributed by atoms with Crippen molar-refractivity contribution in [3.05, 3.63) is 30.1 Å². The summed E-state index contributed by atoms with van der Waals surface area (Å²) >= 11 is 1.22. The van der Waals surface area contributed by atoms with Gasteiger partial charge in [-0.2, -0.15) is 0 Å². The highest BCUT2D eigenvalue weighted by molar-refractivity contribution is 7.99. The molecule has 0 aliphatic carbocycles. The van der Waals surface area contributed by atoms with Crippen LogP contribution in [0.4, 0.5) is 4.39 Å². The number of hydrogen-bond acceptors (Lipinski definition) is 5. The molecule has 1 fully saturated rings. The Kier molecular flexibility index (Phi) is 4.80. The van der Waals surface area contributed by atoms with Crippen LogP contribution in [0, 0.1) is 5.82 Å². The number of halogens is 1. The second-order valence-electron chi connectivity index (χ2n) is 5.39. The molecule has 0 unspecified atom stereocenters. The second-order valence-corrected chi connectivity index (χ2v) is 6.33. The number of benzene rings is 1. The fraction of sp³-hybridized carbons (Fsp3) is 0.400. The van der Waals surface area contributed by atoms with Crippen molar-refractivity contribution in [2.24, 2.45) is 0 Å². The Morgan fingerprint density at radius 2 is 1.96 bits per heavy atom. The molecule has 1 aromatic carbocycles. The lowest BCUT2D eigenvalue weighted by Crippen LogP contribution is -2.36. The SMILES string of the molecule is Nn1c(SCC(=O)N2CCCCC2)nnc1-c1ccccc1F. The van der Waals surface area contributed by atoms with Gasteiger partial charge in [0.25, 0.3) is 0 Å². The number of carbonyl (C=O) groups excluding carboxylic acids is 1. The fourth-order valence-electron chi connectivity index (χ4n) is 2.56. The Morgan fingerprint density at radius 3 is 2.70 bits per heavy atom. The Morgan fingerprint density at radius 1 is 1.22 bits per heavy atom. The predicted octanol–water partition coefficient (Wildman–Crippen LogP) is 1.90. The standard InChI is InChI=1S/C15H18FN5OS/c16-12-7-3-2-6-11(12)14-18-19-15(21(14)17)23-10-13(22)20-8-4-1-5-9-20/h2-3,6-7H,1,4-5,8-10,17H2. The topological polar surface area (TPSA) is 77.0 Å². The van der Waals surface area contributed by atoms with Gasteiger partial charge in [-0.05, 0) is 31.4 Å². The first-order chi connectivity index (χ1) is 11.2. The molecular formula is C15H18FN5OS. The van der Waals surface area contributed by atoms with Gasteiger partial charge in [-0.3, -0.25) is 4.79 Å². The largest absolute Gasteiger partial charge is 0.342 e. The zero-order valence-corrected chi connectivity index (χ0v) is 13.4. The minimum absolute atomic E-state index is 0.0742. The third-order valence-corrected chi connectivity index (χ3v) is 4.74. The van der Waals surface area contributed by atoms with Crippen LogP contribution >= 0.6 is 11.8 Å². The van der Waals surface area contributed by atoms with Crippen molar-refractivity contribution >= 4 is 17.7 Å². The van der Waals surface area contributed by atoms with E-state index in [2.05, 4.69) is 10.2 Å². The van der Waals surface area contributed by atoms with Crippen LogP contribution in [0.3, 0.4) is 0 Å². The summed E-state index contributed by atoms with van der Waals surface area (Å²) in [6.45, 7) is 1.63. The van der Waals surface area contributed by atoms with Crippen LogP contribution in [0.25, 0.3) is 11.4 Å². The van der Waals surface area contributed by atoms with E-state index in [9.17, 15) is 9.18 Å². The summed E-state index contributed by atoms with van der Waals surface area (Å²) in [4.78, 5) is 14.0. The maximum absolute atomic E-state index is 13.8. The van der Waals surface area contributed by atoms with E-state index in [1.54, 1.807) is 18.2 Å². The molecule has 8 heteroatoms. The zero-order valence-electron chi connectivity index (χ0n) is 12.6. The summed E-state index contributed by atoms with van der Waals surface area (Å²) in [5.74, 6) is 6.12. The lowest BCUT2D eigenvalue weighted by atomic mass is 10.1. The first-order valence-corrected chi connectivity index (χ1v) is 8.51. The third-order valence-electron chi connectivity index (χ3n) is 3.81. The molecule has 6 nitrogen and oxygen atoms in total. The molecule has 3 rings (SSSR count). The van der Waals surface area contributed by atoms with E-state index >= 15 is 0 Å². The van der Waals surface area contributed by atoms with Crippen molar-refractivity contribution < 1.29 is 9.18 Å². The smallest absolute Gasteiger partial charge is 0.233 e. The summed E-state index contributed by atoms with van der Waals surface area (Å²) in [6, 6.07) is 6.25. The van der Waals surface area contributed by atoms with Gasteiger partial charge in [0.1, 0.15) is 5.82 Å². The Bertz CT molecular complexity index is 699. The van der Waals surface area contributed by atoms with E-state index in [0.29, 0.717) is 5.16 Å². The zero-order chi connectivity index (χ0) is 16.2. The van der Waals surface area contributed by atoms with Crippen molar-refractivity contribution in [3.8, 4) is 11.4 Å². The Balaban J connectivity index is 1.68. The molecule has 0 radical (unpaired) electrons. The number of thioether (sulfide) groups is 1. The van der Waals surface area contributed by atoms with E-state index in [4.69, 9.17) is 5.84 Å². The molecule has 0 atom stereocenters. The molecule has 1 aliphatic rings. The summed E-state index contributed by atoms with van der Waals surface area (Å²) in [6.07, 6.45) is 3.29. The van der Waals surface area contributed by atoms with Crippen LogP contribution in [0.15, 0.2) is 29.4 Å². The van der Waals surface area contributed by atoms with E-state index in [-0.39, 0.29) is 23.0 Å². The molecule has 0 bridgehead atoms. The van der Waals surface area contributed by atoms with Crippen LogP contribution in [0.2, 0.25) is 0 Å². The van der Waals surface area contributed by atoms with Gasteiger partial charge in [0.15, 0.2) is 5.82 Å². The van der Waals surface area contributed by atoms with Crippen LogP contribution in [0.5, 0.6) is 0 Å². The van der Waals surface area contributed by atoms with Gasteiger partial charge >= 0.3 is 0 Å². The van der Waals surface area contributed by atoms with Crippen molar-refractivity contribution in [3.63, 3.8) is 0 Å². The van der Waals surface area contributed by atoms with Gasteiger partial charge in [-0.15, -0.1) is 10.2 Å². The molecule has 122 valence electrons. The minimum Gasteiger partial charge on any atom is -0.342 e. The highest BCUT2D eigenvalue weighted by Gasteiger charge is 2.19. The van der Waals surface area contributed by atoms with Crippen molar-refractivity contribution in [1.29, 1.82) is 0 Å². The number of carbonyl (C=O) groups is 1. The van der Waals surface area contributed by atoms with Crippen LogP contribution in [0.1, 0.15) is 19.3 Å². The van der Waals surface area contributed by atoms with E-state index in [0.717, 1.165) is 25.9 Å². The normalized spacial score (nSPS) is 14.9. The number of aromatic nitrogens is 3. The lowest BCUT2D eigenvalue weighted by Gasteiger charge is -2.26. The maximum atomic E-state index is 13.8. The number of nitrogens with zero attached hydrogens (tertiary/aromatic N) is 4. The van der Waals surface area contributed by atoms with Gasteiger partial charge in [0.05, 0.1) is 11.3 Å². The van der Waals surface area contributed by atoms with Gasteiger partial charge in [0.2, 0.25) is 11.1 Å². The number of hydrogen-bond donors (Lipinski definition) is 1. The summed E-state index contributed by atoms with van der Waals surface area (Å²) in [5.41, 5.74) is 0.289. The van der Waals surface area contributed by atoms with E-state index in [1.165, 1.54) is 28.9 Å². The van der Waals surface area contributed by atoms with Crippen molar-refractivity contribution in [1.82, 2.24) is 19.8 Å². The maximum Gasteiger partial charge on any atom is 0.233 e. The molecule has 1 amide bonds. The molecule has 1 aromatic heterocycles. The van der Waals surface area contributed by atoms with Crippen molar-refractivity contribution in [2.45, 2.75) is 24.4 Å². The Labute approximate surface area is 137 Å².